The number of hydrogen-bond donors (Lipinski definition) is 1. The summed E-state index contributed by atoms with van der Waals surface area (Å²) in [5.41, 5.74) is 3.12. The number of aryl methyl sites for hydroxylation is 2. The number of hydrogen-bond acceptors (Lipinski definition) is 8. The van der Waals surface area contributed by atoms with Gasteiger partial charge in [0.2, 0.25) is 17.5 Å². The number of pyridine rings is 1. The SMILES string of the molecule is COc1nc(-c2ccc(F)c(C3=C(C)C(NC(=O)c4nn(C)c(=O)n(C)c4=O)=CCC3)c2Cl)cc2c1[C@@H](N1CCN(C(C)=O)CC1)CC2. The maximum absolute atomic E-state index is 15.7. The van der Waals surface area contributed by atoms with Gasteiger partial charge in [-0.3, -0.25) is 23.9 Å². The predicted octanol–water partition coefficient (Wildman–Crippen LogP) is 3.37. The average Bonchev–Trinajstić information content (AvgIpc) is 3.51. The molecule has 1 atom stereocenters. The van der Waals surface area contributed by atoms with Crippen LogP contribution in [0.2, 0.25) is 5.02 Å². The number of amides is 2. The van der Waals surface area contributed by atoms with E-state index in [1.165, 1.54) is 20.2 Å². The van der Waals surface area contributed by atoms with Crippen molar-refractivity contribution in [3.63, 3.8) is 0 Å². The minimum absolute atomic E-state index is 0.0859. The van der Waals surface area contributed by atoms with Gasteiger partial charge in [0.1, 0.15) is 5.82 Å². The lowest BCUT2D eigenvalue weighted by Crippen LogP contribution is -2.48. The summed E-state index contributed by atoms with van der Waals surface area (Å²) in [4.78, 5) is 58.7. The number of rotatable bonds is 6. The van der Waals surface area contributed by atoms with E-state index in [0.29, 0.717) is 59.9 Å². The molecule has 2 aliphatic carbocycles. The highest BCUT2D eigenvalue weighted by Gasteiger charge is 2.35. The number of piperazine rings is 1. The largest absolute Gasteiger partial charge is 0.481 e. The van der Waals surface area contributed by atoms with Crippen molar-refractivity contribution < 1.29 is 18.7 Å². The van der Waals surface area contributed by atoms with Crippen molar-refractivity contribution in [1.29, 1.82) is 0 Å². The summed E-state index contributed by atoms with van der Waals surface area (Å²) in [5, 5.41) is 6.77. The van der Waals surface area contributed by atoms with Gasteiger partial charge in [0.15, 0.2) is 0 Å². The number of methoxy groups -OCH3 is 1. The first-order valence-corrected chi connectivity index (χ1v) is 16.2. The van der Waals surface area contributed by atoms with Crippen molar-refractivity contribution in [2.45, 2.75) is 45.6 Å². The van der Waals surface area contributed by atoms with Gasteiger partial charge in [0, 0.05) is 75.6 Å². The Morgan fingerprint density at radius 2 is 1.83 bits per heavy atom. The van der Waals surface area contributed by atoms with E-state index in [9.17, 15) is 19.2 Å². The van der Waals surface area contributed by atoms with Crippen LogP contribution in [0.25, 0.3) is 16.8 Å². The lowest BCUT2D eigenvalue weighted by atomic mass is 9.88. The molecule has 1 fully saturated rings. The zero-order valence-electron chi connectivity index (χ0n) is 27.5. The smallest absolute Gasteiger partial charge is 0.346 e. The second kappa shape index (κ2) is 13.1. The van der Waals surface area contributed by atoms with E-state index < -0.39 is 28.7 Å². The molecular weight excluding hydrogens is 641 g/mol. The predicted molar refractivity (Wildman–Crippen MR) is 178 cm³/mol. The number of halogens is 2. The first-order valence-electron chi connectivity index (χ1n) is 15.8. The minimum Gasteiger partial charge on any atom is -0.481 e. The van der Waals surface area contributed by atoms with E-state index in [1.807, 2.05) is 11.0 Å². The summed E-state index contributed by atoms with van der Waals surface area (Å²) in [6.07, 6.45) is 4.45. The summed E-state index contributed by atoms with van der Waals surface area (Å²) in [5.74, 6) is -0.716. The highest BCUT2D eigenvalue weighted by Crippen LogP contribution is 2.45. The Balaban J connectivity index is 1.32. The maximum Gasteiger partial charge on any atom is 0.346 e. The number of carbonyl (C=O) groups is 2. The Morgan fingerprint density at radius 3 is 2.52 bits per heavy atom. The van der Waals surface area contributed by atoms with Crippen LogP contribution in [-0.2, 0) is 25.3 Å². The fraction of sp³-hybridized carbons (Fsp3) is 0.412. The monoisotopic (exact) mass is 677 g/mol. The normalized spacial score (nSPS) is 18.1. The highest BCUT2D eigenvalue weighted by molar-refractivity contribution is 6.35. The summed E-state index contributed by atoms with van der Waals surface area (Å²) < 4.78 is 23.2. The van der Waals surface area contributed by atoms with Gasteiger partial charge in [-0.05, 0) is 67.5 Å². The molecule has 2 aromatic heterocycles. The van der Waals surface area contributed by atoms with Crippen molar-refractivity contribution in [1.82, 2.24) is 34.4 Å². The zero-order chi connectivity index (χ0) is 34.4. The third-order valence-corrected chi connectivity index (χ3v) is 9.97. The topological polar surface area (TPSA) is 132 Å². The molecule has 2 amide bonds. The second-order valence-corrected chi connectivity index (χ2v) is 12.7. The quantitative estimate of drug-likeness (QED) is 0.420. The van der Waals surface area contributed by atoms with Crippen LogP contribution in [-0.4, -0.2) is 74.2 Å². The van der Waals surface area contributed by atoms with Gasteiger partial charge in [-0.2, -0.15) is 5.10 Å². The standard InChI is InChI=1S/C34H37ClFN7O5/c1-18-21(7-6-8-24(18)37-31(45)30-33(46)40(3)34(47)41(4)39-30)28-23(36)11-10-22(29(28)35)25-17-20-9-12-26(27(20)32(38-25)48-5)43-15-13-42(14-16-43)19(2)44/h8,10-11,17,26H,6-7,9,12-16H2,1-5H3,(H,37,45)/t26-/m0/s1. The molecule has 0 radical (unpaired) electrons. The van der Waals surface area contributed by atoms with Crippen LogP contribution in [0.4, 0.5) is 4.39 Å². The number of ether oxygens (including phenoxy) is 1. The molecule has 14 heteroatoms. The molecule has 1 aromatic carbocycles. The molecule has 6 rings (SSSR count). The third-order valence-electron chi connectivity index (χ3n) is 9.58. The number of benzene rings is 1. The van der Waals surface area contributed by atoms with Crippen LogP contribution in [0.1, 0.15) is 66.3 Å². The van der Waals surface area contributed by atoms with Crippen LogP contribution in [0.5, 0.6) is 5.88 Å². The third kappa shape index (κ3) is 5.85. The minimum atomic E-state index is -0.824. The Bertz CT molecular complexity index is 2030. The van der Waals surface area contributed by atoms with Gasteiger partial charge in [-0.15, -0.1) is 0 Å². The van der Waals surface area contributed by atoms with Crippen LogP contribution in [0.3, 0.4) is 0 Å². The zero-order valence-corrected chi connectivity index (χ0v) is 28.3. The van der Waals surface area contributed by atoms with Crippen molar-refractivity contribution in [3.8, 4) is 17.1 Å². The Kier molecular flexibility index (Phi) is 9.10. The van der Waals surface area contributed by atoms with Gasteiger partial charge in [0.25, 0.3) is 11.5 Å². The van der Waals surface area contributed by atoms with E-state index in [2.05, 4.69) is 15.3 Å². The number of nitrogens with one attached hydrogen (secondary N) is 1. The Hall–Kier alpha value is -4.62. The lowest BCUT2D eigenvalue weighted by Gasteiger charge is -2.38. The Morgan fingerprint density at radius 1 is 1.10 bits per heavy atom. The van der Waals surface area contributed by atoms with Crippen LogP contribution < -0.4 is 21.3 Å². The van der Waals surface area contributed by atoms with E-state index in [-0.39, 0.29) is 22.5 Å². The van der Waals surface area contributed by atoms with Crippen molar-refractivity contribution in [3.05, 3.63) is 89.6 Å². The molecule has 1 N–H and O–H groups in total. The molecule has 3 aliphatic rings. The van der Waals surface area contributed by atoms with Crippen LogP contribution in [0.15, 0.2) is 45.1 Å². The first kappa shape index (κ1) is 33.3. The number of aromatic nitrogens is 4. The maximum atomic E-state index is 15.7. The molecule has 0 unspecified atom stereocenters. The molecule has 12 nitrogen and oxygen atoms in total. The van der Waals surface area contributed by atoms with Gasteiger partial charge in [-0.1, -0.05) is 17.7 Å². The molecule has 3 heterocycles. The molecule has 1 aliphatic heterocycles. The van der Waals surface area contributed by atoms with E-state index in [0.717, 1.165) is 46.3 Å². The molecular formula is C34H37ClFN7O5. The fourth-order valence-electron chi connectivity index (χ4n) is 6.96. The van der Waals surface area contributed by atoms with E-state index in [4.69, 9.17) is 21.3 Å². The molecule has 252 valence electrons. The number of nitrogens with zero attached hydrogens (tertiary/aromatic N) is 6. The van der Waals surface area contributed by atoms with E-state index in [1.54, 1.807) is 33.1 Å². The molecule has 3 aromatic rings. The van der Waals surface area contributed by atoms with Gasteiger partial charge < -0.3 is 15.0 Å². The van der Waals surface area contributed by atoms with Crippen LogP contribution in [0, 0.1) is 5.82 Å². The summed E-state index contributed by atoms with van der Waals surface area (Å²) in [6.45, 7) is 6.25. The highest BCUT2D eigenvalue weighted by atomic mass is 35.5. The summed E-state index contributed by atoms with van der Waals surface area (Å²) in [6, 6.07) is 5.10. The molecule has 1 saturated heterocycles. The van der Waals surface area contributed by atoms with Gasteiger partial charge >= 0.3 is 5.69 Å². The Labute approximate surface area is 281 Å². The van der Waals surface area contributed by atoms with Gasteiger partial charge in [0.05, 0.1) is 17.8 Å². The van der Waals surface area contributed by atoms with Gasteiger partial charge in [-0.25, -0.2) is 18.9 Å². The lowest BCUT2D eigenvalue weighted by molar-refractivity contribution is -0.130. The average molecular weight is 678 g/mol. The van der Waals surface area contributed by atoms with Crippen molar-refractivity contribution in [2.24, 2.45) is 14.1 Å². The molecule has 0 saturated carbocycles. The molecule has 0 spiro atoms. The van der Waals surface area contributed by atoms with E-state index >= 15 is 4.39 Å². The van der Waals surface area contributed by atoms with Crippen molar-refractivity contribution >= 4 is 29.0 Å². The fourth-order valence-corrected chi connectivity index (χ4v) is 7.32. The second-order valence-electron chi connectivity index (χ2n) is 12.3. The number of allylic oxidation sites excluding steroid dienone is 3. The molecule has 0 bridgehead atoms. The molecule has 48 heavy (non-hydrogen) atoms. The number of carbonyl (C=O) groups excluding carboxylic acids is 2. The first-order chi connectivity index (χ1) is 22.9. The summed E-state index contributed by atoms with van der Waals surface area (Å²) in [7, 11) is 4.21. The van der Waals surface area contributed by atoms with Crippen molar-refractivity contribution in [2.75, 3.05) is 33.3 Å². The summed E-state index contributed by atoms with van der Waals surface area (Å²) >= 11 is 7.01. The number of fused-ring (bicyclic) bond motifs is 1. The van der Waals surface area contributed by atoms with Crippen LogP contribution >= 0.6 is 11.6 Å².